The van der Waals surface area contributed by atoms with Crippen molar-refractivity contribution in [1.29, 1.82) is 0 Å². The number of fused-ring (bicyclic) bond motifs is 1. The molecule has 1 fully saturated rings. The molecule has 130 valence electrons. The second-order valence-corrected chi connectivity index (χ2v) is 6.27. The van der Waals surface area contributed by atoms with Crippen molar-refractivity contribution >= 4 is 22.5 Å². The van der Waals surface area contributed by atoms with Crippen LogP contribution in [0.15, 0.2) is 36.8 Å². The van der Waals surface area contributed by atoms with Crippen LogP contribution >= 0.6 is 0 Å². The number of anilines is 2. The average Bonchev–Trinajstić information content (AvgIpc) is 3.31. The third kappa shape index (κ3) is 3.28. The number of aliphatic hydroxyl groups is 1. The average molecular weight is 338 g/mol. The largest absolute Gasteiger partial charge is 0.394 e. The van der Waals surface area contributed by atoms with E-state index in [0.717, 1.165) is 29.9 Å². The standard InChI is InChI=1S/C18H22N6O/c25-10-9-24-18-16(12-22-24)17(20-13-21-18)19-11-14-3-5-15(6-4-14)23-7-1-2-8-23/h3-6,12-13,25H,1-2,7-11H2,(H,19,20,21). The van der Waals surface area contributed by atoms with Gasteiger partial charge in [0.1, 0.15) is 12.1 Å². The minimum atomic E-state index is 0.0346. The van der Waals surface area contributed by atoms with Crippen LogP contribution in [0.25, 0.3) is 11.0 Å². The molecule has 0 unspecified atom stereocenters. The number of nitrogens with one attached hydrogen (secondary N) is 1. The zero-order chi connectivity index (χ0) is 17.1. The highest BCUT2D eigenvalue weighted by Gasteiger charge is 2.12. The van der Waals surface area contributed by atoms with E-state index in [-0.39, 0.29) is 6.61 Å². The minimum Gasteiger partial charge on any atom is -0.394 e. The number of aromatic nitrogens is 4. The third-order valence-corrected chi connectivity index (χ3v) is 4.61. The van der Waals surface area contributed by atoms with E-state index in [9.17, 15) is 0 Å². The van der Waals surface area contributed by atoms with Gasteiger partial charge in [0.25, 0.3) is 0 Å². The van der Waals surface area contributed by atoms with Gasteiger partial charge in [-0.25, -0.2) is 14.6 Å². The Morgan fingerprint density at radius 2 is 1.88 bits per heavy atom. The second kappa shape index (κ2) is 7.06. The molecule has 1 aromatic carbocycles. The fraction of sp³-hybridized carbons (Fsp3) is 0.389. The molecule has 1 saturated heterocycles. The predicted molar refractivity (Wildman–Crippen MR) is 97.6 cm³/mol. The maximum absolute atomic E-state index is 9.10. The van der Waals surface area contributed by atoms with Crippen LogP contribution < -0.4 is 10.2 Å². The van der Waals surface area contributed by atoms with Crippen molar-refractivity contribution < 1.29 is 5.11 Å². The summed E-state index contributed by atoms with van der Waals surface area (Å²) < 4.78 is 1.69. The summed E-state index contributed by atoms with van der Waals surface area (Å²) in [7, 11) is 0. The van der Waals surface area contributed by atoms with E-state index in [2.05, 4.69) is 49.5 Å². The molecule has 2 aromatic heterocycles. The molecule has 1 aliphatic rings. The number of hydrogen-bond donors (Lipinski definition) is 2. The molecule has 0 amide bonds. The van der Waals surface area contributed by atoms with E-state index < -0.39 is 0 Å². The molecular formula is C18H22N6O. The van der Waals surface area contributed by atoms with Crippen LogP contribution in [0.1, 0.15) is 18.4 Å². The lowest BCUT2D eigenvalue weighted by molar-refractivity contribution is 0.271. The van der Waals surface area contributed by atoms with Gasteiger partial charge >= 0.3 is 0 Å². The summed E-state index contributed by atoms with van der Waals surface area (Å²) in [5.74, 6) is 0.762. The van der Waals surface area contributed by atoms with Crippen LogP contribution in [-0.4, -0.2) is 44.6 Å². The van der Waals surface area contributed by atoms with Gasteiger partial charge in [0, 0.05) is 25.3 Å². The Morgan fingerprint density at radius 3 is 2.64 bits per heavy atom. The summed E-state index contributed by atoms with van der Waals surface area (Å²) in [4.78, 5) is 11.0. The lowest BCUT2D eigenvalue weighted by atomic mass is 10.2. The Morgan fingerprint density at radius 1 is 1.08 bits per heavy atom. The topological polar surface area (TPSA) is 79.1 Å². The Labute approximate surface area is 146 Å². The van der Waals surface area contributed by atoms with E-state index in [4.69, 9.17) is 5.11 Å². The number of aliphatic hydroxyl groups excluding tert-OH is 1. The molecule has 7 heteroatoms. The van der Waals surface area contributed by atoms with E-state index in [1.54, 1.807) is 10.9 Å². The first-order valence-corrected chi connectivity index (χ1v) is 8.70. The zero-order valence-corrected chi connectivity index (χ0v) is 14.1. The minimum absolute atomic E-state index is 0.0346. The molecular weight excluding hydrogens is 316 g/mol. The highest BCUT2D eigenvalue weighted by atomic mass is 16.3. The van der Waals surface area contributed by atoms with Crippen LogP contribution in [0.3, 0.4) is 0 Å². The third-order valence-electron chi connectivity index (χ3n) is 4.61. The van der Waals surface area contributed by atoms with Crippen molar-refractivity contribution in [2.45, 2.75) is 25.9 Å². The van der Waals surface area contributed by atoms with Gasteiger partial charge in [0.05, 0.1) is 24.7 Å². The molecule has 4 rings (SSSR count). The van der Waals surface area contributed by atoms with Crippen molar-refractivity contribution in [3.63, 3.8) is 0 Å². The smallest absolute Gasteiger partial charge is 0.163 e. The van der Waals surface area contributed by atoms with Crippen molar-refractivity contribution in [1.82, 2.24) is 19.7 Å². The van der Waals surface area contributed by atoms with Gasteiger partial charge in [-0.2, -0.15) is 5.10 Å². The molecule has 25 heavy (non-hydrogen) atoms. The van der Waals surface area contributed by atoms with Crippen molar-refractivity contribution in [3.8, 4) is 0 Å². The van der Waals surface area contributed by atoms with Crippen molar-refractivity contribution in [3.05, 3.63) is 42.4 Å². The Balaban J connectivity index is 1.46. The maximum atomic E-state index is 9.10. The quantitative estimate of drug-likeness (QED) is 0.716. The maximum Gasteiger partial charge on any atom is 0.163 e. The first-order chi connectivity index (χ1) is 12.3. The molecule has 1 aliphatic heterocycles. The fourth-order valence-corrected chi connectivity index (χ4v) is 3.28. The highest BCUT2D eigenvalue weighted by Crippen LogP contribution is 2.22. The van der Waals surface area contributed by atoms with Gasteiger partial charge in [-0.3, -0.25) is 0 Å². The monoisotopic (exact) mass is 338 g/mol. The molecule has 0 aliphatic carbocycles. The Kier molecular flexibility index (Phi) is 4.47. The van der Waals surface area contributed by atoms with E-state index >= 15 is 0 Å². The van der Waals surface area contributed by atoms with Gasteiger partial charge in [-0.15, -0.1) is 0 Å². The molecule has 0 radical (unpaired) electrons. The van der Waals surface area contributed by atoms with Crippen LogP contribution in [0.5, 0.6) is 0 Å². The van der Waals surface area contributed by atoms with Gasteiger partial charge in [0.2, 0.25) is 0 Å². The lowest BCUT2D eigenvalue weighted by Gasteiger charge is -2.17. The summed E-state index contributed by atoms with van der Waals surface area (Å²) >= 11 is 0. The normalized spacial score (nSPS) is 14.4. The Bertz CT molecular complexity index is 838. The summed E-state index contributed by atoms with van der Waals surface area (Å²) in [6, 6.07) is 8.71. The van der Waals surface area contributed by atoms with Crippen LogP contribution in [0.2, 0.25) is 0 Å². The molecule has 3 aromatic rings. The Hall–Kier alpha value is -2.67. The SMILES string of the molecule is OCCn1ncc2c(NCc3ccc(N4CCCC4)cc3)ncnc21. The summed E-state index contributed by atoms with van der Waals surface area (Å²) in [6.45, 7) is 3.48. The number of nitrogens with zero attached hydrogens (tertiary/aromatic N) is 5. The fourth-order valence-electron chi connectivity index (χ4n) is 3.28. The summed E-state index contributed by atoms with van der Waals surface area (Å²) in [5, 5.41) is 17.6. The van der Waals surface area contributed by atoms with Crippen LogP contribution in [0.4, 0.5) is 11.5 Å². The zero-order valence-electron chi connectivity index (χ0n) is 14.1. The lowest BCUT2D eigenvalue weighted by Crippen LogP contribution is -2.17. The van der Waals surface area contributed by atoms with Crippen molar-refractivity contribution in [2.24, 2.45) is 0 Å². The number of rotatable bonds is 6. The van der Waals surface area contributed by atoms with E-state index in [0.29, 0.717) is 13.1 Å². The molecule has 0 bridgehead atoms. The highest BCUT2D eigenvalue weighted by molar-refractivity contribution is 5.86. The van der Waals surface area contributed by atoms with Gasteiger partial charge in [-0.05, 0) is 30.5 Å². The molecule has 7 nitrogen and oxygen atoms in total. The van der Waals surface area contributed by atoms with E-state index in [1.807, 2.05) is 0 Å². The number of hydrogen-bond acceptors (Lipinski definition) is 6. The van der Waals surface area contributed by atoms with Gasteiger partial charge in [-0.1, -0.05) is 12.1 Å². The molecule has 3 heterocycles. The van der Waals surface area contributed by atoms with Crippen LogP contribution in [-0.2, 0) is 13.1 Å². The number of benzene rings is 1. The molecule has 0 atom stereocenters. The van der Waals surface area contributed by atoms with Crippen molar-refractivity contribution in [2.75, 3.05) is 29.9 Å². The van der Waals surface area contributed by atoms with Gasteiger partial charge in [0.15, 0.2) is 5.65 Å². The first kappa shape index (κ1) is 15.8. The molecule has 0 saturated carbocycles. The first-order valence-electron chi connectivity index (χ1n) is 8.70. The second-order valence-electron chi connectivity index (χ2n) is 6.27. The predicted octanol–water partition coefficient (Wildman–Crippen LogP) is 2.03. The molecule has 2 N–H and O–H groups in total. The molecule has 0 spiro atoms. The summed E-state index contributed by atoms with van der Waals surface area (Å²) in [6.07, 6.45) is 5.84. The van der Waals surface area contributed by atoms with E-state index in [1.165, 1.54) is 30.4 Å². The van der Waals surface area contributed by atoms with Gasteiger partial charge < -0.3 is 15.3 Å². The van der Waals surface area contributed by atoms with Crippen LogP contribution in [0, 0.1) is 0 Å². The summed E-state index contributed by atoms with van der Waals surface area (Å²) in [5.41, 5.74) is 3.24.